The minimum Gasteiger partial charge on any atom is -0.461 e. The van der Waals surface area contributed by atoms with Crippen LogP contribution in [0.2, 0.25) is 0 Å². The van der Waals surface area contributed by atoms with E-state index < -0.39 is 37.3 Å². The molecule has 1 aliphatic heterocycles. The number of rotatable bonds is 3. The lowest BCUT2D eigenvalue weighted by atomic mass is 9.99. The van der Waals surface area contributed by atoms with Crippen LogP contribution in [0.5, 0.6) is 5.75 Å². The first-order valence-corrected chi connectivity index (χ1v) is 8.47. The number of hydrogen-bond acceptors (Lipinski definition) is 6. The predicted molar refractivity (Wildman–Crippen MR) is 95.8 cm³/mol. The Hall–Kier alpha value is -2.22. The van der Waals surface area contributed by atoms with Crippen molar-refractivity contribution in [3.05, 3.63) is 54.6 Å². The number of aliphatic hydroxyl groups excluding tert-OH is 4. The fourth-order valence-corrected chi connectivity index (χ4v) is 3.33. The molecule has 5 atom stereocenters. The molecule has 0 bridgehead atoms. The maximum atomic E-state index is 10.2. The van der Waals surface area contributed by atoms with Crippen molar-refractivity contribution in [2.75, 3.05) is 6.61 Å². The Balaban J connectivity index is 1.71. The second-order valence-electron chi connectivity index (χ2n) is 6.49. The van der Waals surface area contributed by atoms with E-state index >= 15 is 0 Å². The highest BCUT2D eigenvalue weighted by atomic mass is 16.7. The third-order valence-electron chi connectivity index (χ3n) is 4.80. The molecule has 3 aromatic rings. The van der Waals surface area contributed by atoms with Crippen molar-refractivity contribution < 1.29 is 29.9 Å². The Morgan fingerprint density at radius 1 is 0.808 bits per heavy atom. The van der Waals surface area contributed by atoms with Crippen LogP contribution in [0.3, 0.4) is 0 Å². The Morgan fingerprint density at radius 2 is 1.50 bits per heavy atom. The van der Waals surface area contributed by atoms with Crippen molar-refractivity contribution in [1.82, 2.24) is 0 Å². The van der Waals surface area contributed by atoms with Gasteiger partial charge in [-0.3, -0.25) is 0 Å². The first kappa shape index (κ1) is 17.2. The Kier molecular flexibility index (Phi) is 4.52. The van der Waals surface area contributed by atoms with Gasteiger partial charge in [0.1, 0.15) is 30.2 Å². The standard InChI is InChI=1S/C20H20O6/c21-10-16-17(22)18(23)19(24)20(26-16)25-15-7-3-6-13-8-11-4-1-2-5-12(11)9-14(13)15/h1-9,16-24H,10H2/t16-,17+,18+,19-,20+/m1/s1. The van der Waals surface area contributed by atoms with Crippen LogP contribution in [0.25, 0.3) is 21.5 Å². The molecule has 0 spiro atoms. The average Bonchev–Trinajstić information content (AvgIpc) is 2.67. The van der Waals surface area contributed by atoms with E-state index in [4.69, 9.17) is 9.47 Å². The fourth-order valence-electron chi connectivity index (χ4n) is 3.33. The molecule has 4 rings (SSSR count). The van der Waals surface area contributed by atoms with Gasteiger partial charge in [-0.2, -0.15) is 0 Å². The van der Waals surface area contributed by atoms with E-state index in [0.29, 0.717) is 5.75 Å². The molecule has 0 unspecified atom stereocenters. The summed E-state index contributed by atoms with van der Waals surface area (Å²) in [5.41, 5.74) is 0. The van der Waals surface area contributed by atoms with Crippen LogP contribution < -0.4 is 4.74 Å². The third-order valence-corrected chi connectivity index (χ3v) is 4.80. The van der Waals surface area contributed by atoms with Crippen molar-refractivity contribution in [3.63, 3.8) is 0 Å². The monoisotopic (exact) mass is 356 g/mol. The Morgan fingerprint density at radius 3 is 2.23 bits per heavy atom. The van der Waals surface area contributed by atoms with E-state index in [9.17, 15) is 20.4 Å². The molecule has 0 saturated carbocycles. The van der Waals surface area contributed by atoms with Crippen molar-refractivity contribution in [2.45, 2.75) is 30.7 Å². The van der Waals surface area contributed by atoms with Gasteiger partial charge < -0.3 is 29.9 Å². The highest BCUT2D eigenvalue weighted by Crippen LogP contribution is 2.32. The molecule has 136 valence electrons. The number of hydrogen-bond donors (Lipinski definition) is 4. The Labute approximate surface area is 149 Å². The van der Waals surface area contributed by atoms with Crippen LogP contribution in [-0.4, -0.2) is 57.7 Å². The normalized spacial score (nSPS) is 29.2. The topological polar surface area (TPSA) is 99.4 Å². The van der Waals surface area contributed by atoms with Crippen LogP contribution in [-0.2, 0) is 4.74 Å². The van der Waals surface area contributed by atoms with Gasteiger partial charge in [-0.1, -0.05) is 36.4 Å². The van der Waals surface area contributed by atoms with E-state index in [1.165, 1.54) is 0 Å². The second kappa shape index (κ2) is 6.83. The lowest BCUT2D eigenvalue weighted by molar-refractivity contribution is -0.277. The minimum absolute atomic E-state index is 0.484. The summed E-state index contributed by atoms with van der Waals surface area (Å²) in [6.07, 6.45) is -6.53. The molecule has 1 heterocycles. The van der Waals surface area contributed by atoms with Gasteiger partial charge in [0, 0.05) is 5.39 Å². The molecule has 3 aromatic carbocycles. The molecule has 0 aliphatic carbocycles. The van der Waals surface area contributed by atoms with Crippen LogP contribution in [0.1, 0.15) is 0 Å². The molecular weight excluding hydrogens is 336 g/mol. The van der Waals surface area contributed by atoms with Gasteiger partial charge in [0.15, 0.2) is 0 Å². The van der Waals surface area contributed by atoms with Gasteiger partial charge in [-0.15, -0.1) is 0 Å². The van der Waals surface area contributed by atoms with E-state index in [1.54, 1.807) is 6.07 Å². The van der Waals surface area contributed by atoms with Gasteiger partial charge in [0.2, 0.25) is 6.29 Å². The molecule has 26 heavy (non-hydrogen) atoms. The summed E-state index contributed by atoms with van der Waals surface area (Å²) in [5.74, 6) is 0.484. The first-order chi connectivity index (χ1) is 12.6. The van der Waals surface area contributed by atoms with Crippen molar-refractivity contribution in [1.29, 1.82) is 0 Å². The van der Waals surface area contributed by atoms with E-state index in [0.717, 1.165) is 21.5 Å². The van der Waals surface area contributed by atoms with E-state index in [2.05, 4.69) is 0 Å². The molecule has 0 aromatic heterocycles. The number of aliphatic hydroxyl groups is 4. The first-order valence-electron chi connectivity index (χ1n) is 8.47. The summed E-state index contributed by atoms with van der Waals surface area (Å²) in [5, 5.41) is 43.2. The maximum Gasteiger partial charge on any atom is 0.229 e. The summed E-state index contributed by atoms with van der Waals surface area (Å²) >= 11 is 0. The highest BCUT2D eigenvalue weighted by Gasteiger charge is 2.44. The molecule has 6 nitrogen and oxygen atoms in total. The summed E-state index contributed by atoms with van der Waals surface area (Å²) < 4.78 is 11.3. The minimum atomic E-state index is -1.47. The van der Waals surface area contributed by atoms with E-state index in [1.807, 2.05) is 48.5 Å². The zero-order valence-electron chi connectivity index (χ0n) is 13.9. The summed E-state index contributed by atoms with van der Waals surface area (Å²) in [6, 6.07) is 17.5. The van der Waals surface area contributed by atoms with Crippen LogP contribution in [0, 0.1) is 0 Å². The summed E-state index contributed by atoms with van der Waals surface area (Å²) in [7, 11) is 0. The van der Waals surface area contributed by atoms with Gasteiger partial charge >= 0.3 is 0 Å². The SMILES string of the molecule is OC[C@H]1O[C@H](Oc2cccc3cc4ccccc4cc23)[C@H](O)[C@@H](O)[C@H]1O. The second-order valence-corrected chi connectivity index (χ2v) is 6.49. The molecule has 6 heteroatoms. The summed E-state index contributed by atoms with van der Waals surface area (Å²) in [6.45, 7) is -0.495. The lowest BCUT2D eigenvalue weighted by Gasteiger charge is -2.39. The van der Waals surface area contributed by atoms with Crippen LogP contribution in [0.4, 0.5) is 0 Å². The lowest BCUT2D eigenvalue weighted by Crippen LogP contribution is -2.60. The van der Waals surface area contributed by atoms with Crippen molar-refractivity contribution in [3.8, 4) is 5.75 Å². The average molecular weight is 356 g/mol. The van der Waals surface area contributed by atoms with Crippen LogP contribution in [0.15, 0.2) is 54.6 Å². The molecular formula is C20H20O6. The molecule has 4 N–H and O–H groups in total. The maximum absolute atomic E-state index is 10.2. The molecule has 0 amide bonds. The number of benzene rings is 3. The largest absolute Gasteiger partial charge is 0.461 e. The fraction of sp³-hybridized carbons (Fsp3) is 0.300. The molecule has 1 fully saturated rings. The predicted octanol–water partition coefficient (Wildman–Crippen LogP) is 1.17. The van der Waals surface area contributed by atoms with Crippen LogP contribution >= 0.6 is 0 Å². The highest BCUT2D eigenvalue weighted by molar-refractivity contribution is 6.00. The third kappa shape index (κ3) is 2.92. The number of ether oxygens (including phenoxy) is 2. The summed E-state index contributed by atoms with van der Waals surface area (Å²) in [4.78, 5) is 0. The Bertz CT molecular complexity index is 924. The molecule has 1 saturated heterocycles. The molecule has 0 radical (unpaired) electrons. The molecule has 1 aliphatic rings. The zero-order valence-corrected chi connectivity index (χ0v) is 13.9. The van der Waals surface area contributed by atoms with Gasteiger partial charge in [0.25, 0.3) is 0 Å². The quantitative estimate of drug-likeness (QED) is 0.526. The number of fused-ring (bicyclic) bond motifs is 2. The van der Waals surface area contributed by atoms with Crippen molar-refractivity contribution >= 4 is 21.5 Å². The van der Waals surface area contributed by atoms with Gasteiger partial charge in [0.05, 0.1) is 6.61 Å². The van der Waals surface area contributed by atoms with Gasteiger partial charge in [-0.05, 0) is 34.4 Å². The smallest absolute Gasteiger partial charge is 0.229 e. The van der Waals surface area contributed by atoms with E-state index in [-0.39, 0.29) is 0 Å². The van der Waals surface area contributed by atoms with Crippen molar-refractivity contribution in [2.24, 2.45) is 0 Å². The van der Waals surface area contributed by atoms with Gasteiger partial charge in [-0.25, -0.2) is 0 Å². The zero-order chi connectivity index (χ0) is 18.3.